The number of rotatable bonds is 7. The monoisotopic (exact) mass is 441 g/mol. The van der Waals surface area contributed by atoms with Gasteiger partial charge in [0.2, 0.25) is 5.95 Å². The van der Waals surface area contributed by atoms with Crippen molar-refractivity contribution in [1.29, 1.82) is 0 Å². The van der Waals surface area contributed by atoms with Crippen LogP contribution in [-0.4, -0.2) is 39.6 Å². The van der Waals surface area contributed by atoms with E-state index >= 15 is 0 Å². The van der Waals surface area contributed by atoms with Gasteiger partial charge in [0.05, 0.1) is 12.0 Å². The predicted molar refractivity (Wildman–Crippen MR) is 124 cm³/mol. The van der Waals surface area contributed by atoms with E-state index in [1.54, 1.807) is 50.4 Å². The SMILES string of the molecule is COc1cc(C)c(S(=O)(=O)Nc2ccc(Nc3nc(C)cc(N(C)C)n3)cc2)cc1C. The van der Waals surface area contributed by atoms with Crippen molar-refractivity contribution in [2.24, 2.45) is 0 Å². The predicted octanol–water partition coefficient (Wildman–Crippen LogP) is 4.02. The maximum Gasteiger partial charge on any atom is 0.262 e. The van der Waals surface area contributed by atoms with Crippen molar-refractivity contribution >= 4 is 33.2 Å². The zero-order chi connectivity index (χ0) is 22.8. The molecular weight excluding hydrogens is 414 g/mol. The molecule has 0 fully saturated rings. The second-order valence-corrected chi connectivity index (χ2v) is 9.13. The standard InChI is InChI=1S/C22H27N5O3S/c1-14-12-20(15(2)11-19(14)30-6)31(28,29)26-18-9-7-17(8-10-18)24-22-23-16(3)13-21(25-22)27(4)5/h7-13,26H,1-6H3,(H,23,24,25). The lowest BCUT2D eigenvalue weighted by Gasteiger charge is -2.15. The second-order valence-electron chi connectivity index (χ2n) is 7.48. The lowest BCUT2D eigenvalue weighted by Crippen LogP contribution is -2.15. The number of hydrogen-bond acceptors (Lipinski definition) is 7. The minimum Gasteiger partial charge on any atom is -0.496 e. The fraction of sp³-hybridized carbons (Fsp3) is 0.273. The van der Waals surface area contributed by atoms with Gasteiger partial charge in [-0.25, -0.2) is 13.4 Å². The average molecular weight is 442 g/mol. The molecular formula is C22H27N5O3S. The van der Waals surface area contributed by atoms with E-state index in [1.165, 1.54) is 0 Å². The number of anilines is 4. The first-order chi connectivity index (χ1) is 14.6. The Morgan fingerprint density at radius 2 is 1.55 bits per heavy atom. The van der Waals surface area contributed by atoms with Crippen molar-refractivity contribution in [2.75, 3.05) is 36.1 Å². The normalized spacial score (nSPS) is 11.2. The molecule has 0 saturated heterocycles. The molecule has 8 nitrogen and oxygen atoms in total. The third-order valence-corrected chi connectivity index (χ3v) is 6.20. The molecule has 0 atom stereocenters. The van der Waals surface area contributed by atoms with E-state index in [0.717, 1.165) is 22.8 Å². The van der Waals surface area contributed by atoms with Crippen molar-refractivity contribution in [3.63, 3.8) is 0 Å². The second kappa shape index (κ2) is 8.81. The van der Waals surface area contributed by atoms with Crippen LogP contribution in [0, 0.1) is 20.8 Å². The summed E-state index contributed by atoms with van der Waals surface area (Å²) < 4.78 is 33.7. The summed E-state index contributed by atoms with van der Waals surface area (Å²) in [5.74, 6) is 1.92. The Morgan fingerprint density at radius 1 is 0.903 bits per heavy atom. The Hall–Kier alpha value is -3.33. The fourth-order valence-electron chi connectivity index (χ4n) is 3.07. The minimum atomic E-state index is -3.74. The van der Waals surface area contributed by atoms with Gasteiger partial charge in [0.15, 0.2) is 0 Å². The van der Waals surface area contributed by atoms with Crippen LogP contribution in [0.4, 0.5) is 23.1 Å². The van der Waals surface area contributed by atoms with Crippen LogP contribution in [0.15, 0.2) is 47.4 Å². The molecule has 0 bridgehead atoms. The molecule has 3 rings (SSSR count). The van der Waals surface area contributed by atoms with Gasteiger partial charge in [0.25, 0.3) is 10.0 Å². The van der Waals surface area contributed by atoms with E-state index < -0.39 is 10.0 Å². The van der Waals surface area contributed by atoms with E-state index in [4.69, 9.17) is 4.74 Å². The van der Waals surface area contributed by atoms with Crippen molar-refractivity contribution in [1.82, 2.24) is 9.97 Å². The van der Waals surface area contributed by atoms with Crippen LogP contribution in [0.25, 0.3) is 0 Å². The molecule has 9 heteroatoms. The first-order valence-corrected chi connectivity index (χ1v) is 11.2. The Morgan fingerprint density at radius 3 is 2.16 bits per heavy atom. The number of aryl methyl sites for hydroxylation is 3. The summed E-state index contributed by atoms with van der Waals surface area (Å²) in [5.41, 5.74) is 3.41. The fourth-order valence-corrected chi connectivity index (χ4v) is 4.44. The molecule has 2 N–H and O–H groups in total. The summed E-state index contributed by atoms with van der Waals surface area (Å²) in [6.07, 6.45) is 0. The largest absolute Gasteiger partial charge is 0.496 e. The molecule has 0 unspecified atom stereocenters. The van der Waals surface area contributed by atoms with Crippen molar-refractivity contribution in [3.8, 4) is 5.75 Å². The molecule has 164 valence electrons. The van der Waals surface area contributed by atoms with Crippen LogP contribution < -0.4 is 19.7 Å². The molecule has 3 aromatic rings. The van der Waals surface area contributed by atoms with Crippen LogP contribution in [0.5, 0.6) is 5.75 Å². The smallest absolute Gasteiger partial charge is 0.262 e. The Kier molecular flexibility index (Phi) is 6.35. The number of nitrogens with one attached hydrogen (secondary N) is 2. The van der Waals surface area contributed by atoms with Gasteiger partial charge >= 0.3 is 0 Å². The van der Waals surface area contributed by atoms with Crippen LogP contribution >= 0.6 is 0 Å². The van der Waals surface area contributed by atoms with Gasteiger partial charge in [-0.05, 0) is 68.3 Å². The van der Waals surface area contributed by atoms with Crippen molar-refractivity contribution in [2.45, 2.75) is 25.7 Å². The molecule has 1 aromatic heterocycles. The molecule has 0 aliphatic heterocycles. The van der Waals surface area contributed by atoms with Crippen LogP contribution in [0.3, 0.4) is 0 Å². The number of hydrogen-bond donors (Lipinski definition) is 2. The summed E-state index contributed by atoms with van der Waals surface area (Å²) in [6.45, 7) is 5.46. The van der Waals surface area contributed by atoms with E-state index in [0.29, 0.717) is 22.9 Å². The quantitative estimate of drug-likeness (QED) is 0.572. The van der Waals surface area contributed by atoms with Crippen LogP contribution in [0.1, 0.15) is 16.8 Å². The first-order valence-electron chi connectivity index (χ1n) is 9.67. The van der Waals surface area contributed by atoms with E-state index in [2.05, 4.69) is 20.0 Å². The number of methoxy groups -OCH3 is 1. The van der Waals surface area contributed by atoms with Gasteiger partial charge in [-0.3, -0.25) is 4.72 Å². The summed E-state index contributed by atoms with van der Waals surface area (Å²) in [6, 6.07) is 12.1. The average Bonchev–Trinajstić information content (AvgIpc) is 2.70. The van der Waals surface area contributed by atoms with E-state index in [-0.39, 0.29) is 4.90 Å². The first kappa shape index (κ1) is 22.4. The molecule has 0 aliphatic rings. The lowest BCUT2D eigenvalue weighted by atomic mass is 10.1. The molecule has 0 saturated carbocycles. The van der Waals surface area contributed by atoms with Crippen LogP contribution in [0.2, 0.25) is 0 Å². The number of benzene rings is 2. The Balaban J connectivity index is 1.79. The van der Waals surface area contributed by atoms with Gasteiger partial charge in [0.1, 0.15) is 11.6 Å². The Bertz CT molecular complexity index is 1190. The van der Waals surface area contributed by atoms with E-state index in [9.17, 15) is 8.42 Å². The molecule has 2 aromatic carbocycles. The van der Waals surface area contributed by atoms with Crippen molar-refractivity contribution in [3.05, 3.63) is 59.3 Å². The number of sulfonamides is 1. The highest BCUT2D eigenvalue weighted by atomic mass is 32.2. The Labute approximate surface area is 183 Å². The third kappa shape index (κ3) is 5.24. The number of nitrogens with zero attached hydrogens (tertiary/aromatic N) is 3. The molecule has 0 spiro atoms. The number of aromatic nitrogens is 2. The van der Waals surface area contributed by atoms with Gasteiger partial charge in [0, 0.05) is 37.2 Å². The summed E-state index contributed by atoms with van der Waals surface area (Å²) in [4.78, 5) is 11.0. The topological polar surface area (TPSA) is 96.5 Å². The highest BCUT2D eigenvalue weighted by molar-refractivity contribution is 7.92. The van der Waals surface area contributed by atoms with Gasteiger partial charge in [-0.1, -0.05) is 0 Å². The highest BCUT2D eigenvalue weighted by Crippen LogP contribution is 2.27. The van der Waals surface area contributed by atoms with Gasteiger partial charge in [-0.15, -0.1) is 0 Å². The van der Waals surface area contributed by atoms with Crippen molar-refractivity contribution < 1.29 is 13.2 Å². The summed E-state index contributed by atoms with van der Waals surface area (Å²) in [7, 11) is 1.65. The van der Waals surface area contributed by atoms with E-state index in [1.807, 2.05) is 38.9 Å². The highest BCUT2D eigenvalue weighted by Gasteiger charge is 2.19. The summed E-state index contributed by atoms with van der Waals surface area (Å²) >= 11 is 0. The molecule has 0 aliphatic carbocycles. The molecule has 0 amide bonds. The maximum absolute atomic E-state index is 12.9. The maximum atomic E-state index is 12.9. The summed E-state index contributed by atoms with van der Waals surface area (Å²) in [5, 5.41) is 3.15. The third-order valence-electron chi connectivity index (χ3n) is 4.67. The molecule has 1 heterocycles. The number of ether oxygens (including phenoxy) is 1. The van der Waals surface area contributed by atoms with Gasteiger partial charge < -0.3 is 15.0 Å². The molecule has 0 radical (unpaired) electrons. The van der Waals surface area contributed by atoms with Gasteiger partial charge in [-0.2, -0.15) is 4.98 Å². The lowest BCUT2D eigenvalue weighted by molar-refractivity contribution is 0.411. The zero-order valence-electron chi connectivity index (χ0n) is 18.5. The molecule has 31 heavy (non-hydrogen) atoms. The minimum absolute atomic E-state index is 0.220. The zero-order valence-corrected chi connectivity index (χ0v) is 19.3. The van der Waals surface area contributed by atoms with Crippen LogP contribution in [-0.2, 0) is 10.0 Å².